The first-order chi connectivity index (χ1) is 23.8. The van der Waals surface area contributed by atoms with Gasteiger partial charge >= 0.3 is 0 Å². The Balaban J connectivity index is 0.910. The van der Waals surface area contributed by atoms with Crippen molar-refractivity contribution in [1.82, 2.24) is 14.8 Å². The van der Waals surface area contributed by atoms with Crippen molar-refractivity contribution in [2.45, 2.75) is 95.1 Å². The summed E-state index contributed by atoms with van der Waals surface area (Å²) >= 11 is 0. The fourth-order valence-electron chi connectivity index (χ4n) is 8.89. The molecule has 0 amide bonds. The van der Waals surface area contributed by atoms with Crippen molar-refractivity contribution in [3.8, 4) is 5.75 Å². The second-order valence-electron chi connectivity index (χ2n) is 14.9. The van der Waals surface area contributed by atoms with E-state index in [0.29, 0.717) is 48.9 Å². The highest BCUT2D eigenvalue weighted by atomic mass is 19.1. The van der Waals surface area contributed by atoms with Gasteiger partial charge in [0.1, 0.15) is 35.6 Å². The highest BCUT2D eigenvalue weighted by Crippen LogP contribution is 2.47. The van der Waals surface area contributed by atoms with E-state index < -0.39 is 17.2 Å². The van der Waals surface area contributed by atoms with Gasteiger partial charge in [-0.1, -0.05) is 74.9 Å². The summed E-state index contributed by atoms with van der Waals surface area (Å²) in [6.07, 6.45) is 12.1. The zero-order valence-electron chi connectivity index (χ0n) is 28.9. The first-order valence-corrected chi connectivity index (χ1v) is 18.2. The lowest BCUT2D eigenvalue weighted by atomic mass is 9.76. The van der Waals surface area contributed by atoms with Crippen molar-refractivity contribution >= 4 is 0 Å². The molecule has 2 aliphatic carbocycles. The Kier molecular flexibility index (Phi) is 10.00. The summed E-state index contributed by atoms with van der Waals surface area (Å²) in [4.78, 5) is 4.02. The van der Waals surface area contributed by atoms with Crippen LogP contribution in [0.3, 0.4) is 0 Å². The molecule has 4 aromatic rings. The lowest BCUT2D eigenvalue weighted by molar-refractivity contribution is -0.0206. The van der Waals surface area contributed by atoms with Gasteiger partial charge in [-0.2, -0.15) is 5.10 Å². The van der Waals surface area contributed by atoms with Crippen molar-refractivity contribution in [2.75, 3.05) is 13.2 Å². The number of benzene rings is 3. The maximum absolute atomic E-state index is 15.0. The third kappa shape index (κ3) is 7.23. The molecule has 2 heterocycles. The topological polar surface area (TPSA) is 49.2 Å². The Hall–Kier alpha value is -3.84. The van der Waals surface area contributed by atoms with Crippen LogP contribution < -0.4 is 4.74 Å². The van der Waals surface area contributed by atoms with Gasteiger partial charge in [0, 0.05) is 23.5 Å². The van der Waals surface area contributed by atoms with Crippen LogP contribution in [0.2, 0.25) is 0 Å². The lowest BCUT2D eigenvalue weighted by Crippen LogP contribution is -2.32. The van der Waals surface area contributed by atoms with Gasteiger partial charge < -0.3 is 9.47 Å². The summed E-state index contributed by atoms with van der Waals surface area (Å²) in [5.41, 5.74) is 5.10. The van der Waals surface area contributed by atoms with E-state index in [1.165, 1.54) is 85.7 Å². The molecule has 0 spiro atoms. The van der Waals surface area contributed by atoms with E-state index in [1.54, 1.807) is 11.0 Å². The highest BCUT2D eigenvalue weighted by Gasteiger charge is 2.44. The van der Waals surface area contributed by atoms with E-state index in [9.17, 15) is 8.78 Å². The van der Waals surface area contributed by atoms with Crippen LogP contribution in [-0.4, -0.2) is 28.0 Å². The minimum absolute atomic E-state index is 0.0376. The Morgan fingerprint density at radius 1 is 0.918 bits per heavy atom. The largest absolute Gasteiger partial charge is 0.493 e. The first-order valence-electron chi connectivity index (χ1n) is 18.2. The average Bonchev–Trinajstić information content (AvgIpc) is 3.88. The lowest BCUT2D eigenvalue weighted by Gasteiger charge is -2.29. The predicted molar refractivity (Wildman–Crippen MR) is 189 cm³/mol. The number of hydrogen-bond acceptors (Lipinski definition) is 4. The molecule has 5 atom stereocenters. The Morgan fingerprint density at radius 3 is 2.22 bits per heavy atom. The second-order valence-corrected chi connectivity index (χ2v) is 14.9. The number of aromatic nitrogens is 3. The van der Waals surface area contributed by atoms with Crippen LogP contribution in [-0.2, 0) is 16.9 Å². The standard InChI is InChI=1S/C42H49F2N3O2/c1-4-28(2)38-18-19-39(29(38)3)35-11-9-33(10-12-35)31-5-7-32(8-6-31)34-13-16-37(17-14-34)48-23-30-22-42(49-24-30,25-47-27-45-26-46-47)40-20-15-36(43)21-41(40)44/h9-17,20-21,26-28,30-32,38-39H,3-8,18-19,22-25H2,1-2H3/t28-,30-,31?,32?,38-,39-,42+/m1/s1. The molecule has 0 bridgehead atoms. The molecule has 1 aliphatic heterocycles. The molecule has 2 saturated carbocycles. The van der Waals surface area contributed by atoms with Gasteiger partial charge in [0.05, 0.1) is 19.8 Å². The highest BCUT2D eigenvalue weighted by molar-refractivity contribution is 5.36. The molecule has 3 aliphatic rings. The van der Waals surface area contributed by atoms with E-state index >= 15 is 0 Å². The van der Waals surface area contributed by atoms with Crippen molar-refractivity contribution in [3.63, 3.8) is 0 Å². The van der Waals surface area contributed by atoms with Crippen LogP contribution >= 0.6 is 0 Å². The van der Waals surface area contributed by atoms with Gasteiger partial charge in [-0.3, -0.25) is 0 Å². The maximum atomic E-state index is 15.0. The van der Waals surface area contributed by atoms with Crippen LogP contribution in [0.1, 0.15) is 105 Å². The summed E-state index contributed by atoms with van der Waals surface area (Å²) in [5, 5.41) is 4.20. The van der Waals surface area contributed by atoms with Crippen LogP contribution in [0.15, 0.2) is 91.5 Å². The molecule has 1 saturated heterocycles. The molecule has 3 aromatic carbocycles. The molecule has 3 fully saturated rings. The summed E-state index contributed by atoms with van der Waals surface area (Å²) in [5.74, 6) is 2.73. The van der Waals surface area contributed by atoms with Crippen molar-refractivity contribution in [3.05, 3.63) is 125 Å². The molecule has 7 rings (SSSR count). The smallest absolute Gasteiger partial charge is 0.137 e. The zero-order valence-corrected chi connectivity index (χ0v) is 28.9. The summed E-state index contributed by atoms with van der Waals surface area (Å²) < 4.78 is 42.8. The second kappa shape index (κ2) is 14.6. The van der Waals surface area contributed by atoms with E-state index in [1.807, 2.05) is 0 Å². The molecular formula is C42H49F2N3O2. The number of allylic oxidation sites excluding steroid dienone is 1. The molecule has 0 N–H and O–H groups in total. The van der Waals surface area contributed by atoms with Gasteiger partial charge in [-0.25, -0.2) is 18.4 Å². The number of halogens is 2. The van der Waals surface area contributed by atoms with Crippen molar-refractivity contribution < 1.29 is 18.3 Å². The van der Waals surface area contributed by atoms with Crippen LogP contribution in [0.4, 0.5) is 8.78 Å². The van der Waals surface area contributed by atoms with E-state index in [4.69, 9.17) is 9.47 Å². The molecule has 7 heteroatoms. The van der Waals surface area contributed by atoms with Gasteiger partial charge in [0.2, 0.25) is 0 Å². The molecule has 5 nitrogen and oxygen atoms in total. The molecule has 0 radical (unpaired) electrons. The van der Waals surface area contributed by atoms with Crippen LogP contribution in [0, 0.1) is 29.4 Å². The maximum Gasteiger partial charge on any atom is 0.137 e. The van der Waals surface area contributed by atoms with E-state index in [0.717, 1.165) is 17.7 Å². The molecular weight excluding hydrogens is 616 g/mol. The average molecular weight is 666 g/mol. The predicted octanol–water partition coefficient (Wildman–Crippen LogP) is 10.1. The minimum Gasteiger partial charge on any atom is -0.493 e. The fraction of sp³-hybridized carbons (Fsp3) is 0.476. The fourth-order valence-corrected chi connectivity index (χ4v) is 8.89. The monoisotopic (exact) mass is 665 g/mol. The van der Waals surface area contributed by atoms with Gasteiger partial charge in [-0.15, -0.1) is 0 Å². The first kappa shape index (κ1) is 33.6. The number of hydrogen-bond donors (Lipinski definition) is 0. The van der Waals surface area contributed by atoms with E-state index in [2.05, 4.69) is 79.0 Å². The van der Waals surface area contributed by atoms with E-state index in [-0.39, 0.29) is 12.5 Å². The number of ether oxygens (including phenoxy) is 2. The third-order valence-electron chi connectivity index (χ3n) is 11.9. The zero-order chi connectivity index (χ0) is 34.0. The summed E-state index contributed by atoms with van der Waals surface area (Å²) in [7, 11) is 0. The Bertz CT molecular complexity index is 1700. The third-order valence-corrected chi connectivity index (χ3v) is 11.9. The summed E-state index contributed by atoms with van der Waals surface area (Å²) in [6.45, 7) is 10.3. The van der Waals surface area contributed by atoms with Crippen LogP contribution in [0.25, 0.3) is 0 Å². The molecule has 1 aromatic heterocycles. The normalized spacial score (nSPS) is 27.8. The molecule has 258 valence electrons. The quantitative estimate of drug-likeness (QED) is 0.150. The minimum atomic E-state index is -0.980. The van der Waals surface area contributed by atoms with Crippen LogP contribution in [0.5, 0.6) is 5.75 Å². The van der Waals surface area contributed by atoms with Gasteiger partial charge in [0.25, 0.3) is 0 Å². The van der Waals surface area contributed by atoms with Gasteiger partial charge in [0.15, 0.2) is 0 Å². The number of nitrogens with zero attached hydrogens (tertiary/aromatic N) is 3. The molecule has 0 unspecified atom stereocenters. The van der Waals surface area contributed by atoms with Crippen molar-refractivity contribution in [1.29, 1.82) is 0 Å². The SMILES string of the molecule is C=C1[C@H](c2ccc(C3CCC(c4ccc(OC[C@@H]5CO[C@@](Cn6cncn6)(c6ccc(F)cc6F)C5)cc4)CC3)cc2)CC[C@@H]1[C@H](C)CC. The van der Waals surface area contributed by atoms with Gasteiger partial charge in [-0.05, 0) is 104 Å². The molecule has 49 heavy (non-hydrogen) atoms. The Morgan fingerprint density at radius 2 is 1.59 bits per heavy atom. The van der Waals surface area contributed by atoms with Crippen molar-refractivity contribution in [2.24, 2.45) is 17.8 Å². The number of rotatable bonds is 11. The summed E-state index contributed by atoms with van der Waals surface area (Å²) in [6, 6.07) is 21.8. The Labute approximate surface area is 289 Å².